The quantitative estimate of drug-likeness (QED) is 0.579. The van der Waals surface area contributed by atoms with E-state index in [0.29, 0.717) is 5.75 Å². The molecule has 1 heterocycles. The van der Waals surface area contributed by atoms with Gasteiger partial charge in [-0.3, -0.25) is 4.79 Å². The Morgan fingerprint density at radius 1 is 1.27 bits per heavy atom. The summed E-state index contributed by atoms with van der Waals surface area (Å²) in [6.07, 6.45) is 0. The summed E-state index contributed by atoms with van der Waals surface area (Å²) in [5, 5.41) is 8.59. The number of ketones is 1. The molecule has 0 unspecified atom stereocenters. The Bertz CT molecular complexity index is 449. The van der Waals surface area contributed by atoms with Crippen molar-refractivity contribution in [2.45, 2.75) is 6.92 Å². The molecule has 0 amide bonds. The Kier molecular flexibility index (Phi) is 2.07. The molecule has 1 aromatic rings. The fourth-order valence-electron chi connectivity index (χ4n) is 1.43. The van der Waals surface area contributed by atoms with E-state index < -0.39 is 11.8 Å². The molecule has 1 aliphatic heterocycles. The van der Waals surface area contributed by atoms with Gasteiger partial charge in [0.25, 0.3) is 5.78 Å². The molecule has 0 saturated carbocycles. The minimum atomic E-state index is -1.50. The lowest BCUT2D eigenvalue weighted by Gasteiger charge is -2.04. The summed E-state index contributed by atoms with van der Waals surface area (Å²) in [5.74, 6) is -1.82. The number of ether oxygens (including phenoxy) is 2. The lowest BCUT2D eigenvalue weighted by Crippen LogP contribution is -2.13. The second-order valence-corrected chi connectivity index (χ2v) is 3.13. The molecular formula is C10H8O5. The number of carbonyl (C=O) groups excluding carboxylic acids is 1. The fourth-order valence-corrected chi connectivity index (χ4v) is 1.43. The molecule has 5 heteroatoms. The van der Waals surface area contributed by atoms with Crippen molar-refractivity contribution in [1.82, 2.24) is 0 Å². The number of carboxylic acids is 1. The van der Waals surface area contributed by atoms with Crippen LogP contribution >= 0.6 is 0 Å². The number of carbonyl (C=O) groups is 2. The maximum atomic E-state index is 11.3. The fraction of sp³-hybridized carbons (Fsp3) is 0.200. The Hall–Kier alpha value is -2.04. The van der Waals surface area contributed by atoms with Crippen LogP contribution in [0, 0.1) is 6.92 Å². The number of aryl methyl sites for hydroxylation is 1. The summed E-state index contributed by atoms with van der Waals surface area (Å²) in [6, 6.07) is 3.06. The van der Waals surface area contributed by atoms with Gasteiger partial charge < -0.3 is 14.6 Å². The average Bonchev–Trinajstić information content (AvgIpc) is 2.66. The third-order valence-electron chi connectivity index (χ3n) is 2.15. The summed E-state index contributed by atoms with van der Waals surface area (Å²) in [5.41, 5.74) is 0.838. The number of hydrogen-bond acceptors (Lipinski definition) is 4. The standard InChI is InChI=1S/C10H8O5/c1-5-2-3-6(7(11)10(12)13)9-8(5)14-4-15-9/h2-3H,4H2,1H3,(H,12,13). The van der Waals surface area contributed by atoms with Gasteiger partial charge in [-0.05, 0) is 18.6 Å². The van der Waals surface area contributed by atoms with Crippen molar-refractivity contribution in [3.05, 3.63) is 23.3 Å². The first-order chi connectivity index (χ1) is 7.11. The molecule has 0 fully saturated rings. The van der Waals surface area contributed by atoms with Crippen molar-refractivity contribution in [3.63, 3.8) is 0 Å². The monoisotopic (exact) mass is 208 g/mol. The number of rotatable bonds is 2. The normalized spacial score (nSPS) is 12.6. The van der Waals surface area contributed by atoms with Crippen LogP contribution in [-0.4, -0.2) is 23.7 Å². The molecule has 1 aliphatic rings. The molecule has 0 aromatic heterocycles. The van der Waals surface area contributed by atoms with Crippen LogP contribution in [0.25, 0.3) is 0 Å². The summed E-state index contributed by atoms with van der Waals surface area (Å²) in [4.78, 5) is 21.8. The van der Waals surface area contributed by atoms with Crippen molar-refractivity contribution in [1.29, 1.82) is 0 Å². The van der Waals surface area contributed by atoms with E-state index >= 15 is 0 Å². The molecule has 5 nitrogen and oxygen atoms in total. The van der Waals surface area contributed by atoms with Crippen molar-refractivity contribution >= 4 is 11.8 Å². The molecule has 1 aromatic carbocycles. The van der Waals surface area contributed by atoms with Gasteiger partial charge in [0.2, 0.25) is 6.79 Å². The van der Waals surface area contributed by atoms with Crippen molar-refractivity contribution < 1.29 is 24.2 Å². The molecule has 0 bridgehead atoms. The van der Waals surface area contributed by atoms with Crippen molar-refractivity contribution in [2.75, 3.05) is 6.79 Å². The van der Waals surface area contributed by atoms with Crippen LogP contribution in [0.4, 0.5) is 0 Å². The van der Waals surface area contributed by atoms with E-state index in [1.165, 1.54) is 6.07 Å². The Balaban J connectivity index is 2.55. The van der Waals surface area contributed by atoms with E-state index in [-0.39, 0.29) is 18.1 Å². The highest BCUT2D eigenvalue weighted by molar-refractivity contribution is 6.40. The molecule has 0 radical (unpaired) electrons. The lowest BCUT2D eigenvalue weighted by atomic mass is 10.1. The van der Waals surface area contributed by atoms with Crippen LogP contribution in [0.1, 0.15) is 15.9 Å². The van der Waals surface area contributed by atoms with Crippen LogP contribution in [0.2, 0.25) is 0 Å². The highest BCUT2D eigenvalue weighted by Crippen LogP contribution is 2.38. The van der Waals surface area contributed by atoms with Gasteiger partial charge in [0, 0.05) is 0 Å². The van der Waals surface area contributed by atoms with Gasteiger partial charge in [-0.1, -0.05) is 6.07 Å². The Morgan fingerprint density at radius 2 is 1.93 bits per heavy atom. The summed E-state index contributed by atoms with van der Waals surface area (Å²) in [7, 11) is 0. The molecule has 0 aliphatic carbocycles. The number of aliphatic carboxylic acids is 1. The largest absolute Gasteiger partial charge is 0.475 e. The third-order valence-corrected chi connectivity index (χ3v) is 2.15. The van der Waals surface area contributed by atoms with Crippen LogP contribution in [0.5, 0.6) is 11.5 Å². The van der Waals surface area contributed by atoms with Gasteiger partial charge in [0.05, 0.1) is 5.56 Å². The Labute approximate surface area is 85.2 Å². The number of benzene rings is 1. The highest BCUT2D eigenvalue weighted by Gasteiger charge is 2.26. The molecule has 0 spiro atoms. The first kappa shape index (κ1) is 9.51. The highest BCUT2D eigenvalue weighted by atomic mass is 16.7. The van der Waals surface area contributed by atoms with E-state index in [1.807, 2.05) is 0 Å². The SMILES string of the molecule is Cc1ccc(C(=O)C(=O)O)c2c1OCO2. The minimum Gasteiger partial charge on any atom is -0.475 e. The number of carboxylic acid groups (broad SMARTS) is 1. The predicted molar refractivity (Wildman–Crippen MR) is 49.3 cm³/mol. The second-order valence-electron chi connectivity index (χ2n) is 3.13. The lowest BCUT2D eigenvalue weighted by molar-refractivity contribution is -0.131. The van der Waals surface area contributed by atoms with Crippen LogP contribution in [0.15, 0.2) is 12.1 Å². The van der Waals surface area contributed by atoms with E-state index in [4.69, 9.17) is 14.6 Å². The zero-order valence-electron chi connectivity index (χ0n) is 7.94. The van der Waals surface area contributed by atoms with Crippen LogP contribution < -0.4 is 9.47 Å². The number of hydrogen-bond donors (Lipinski definition) is 1. The van der Waals surface area contributed by atoms with Crippen LogP contribution in [-0.2, 0) is 4.79 Å². The van der Waals surface area contributed by atoms with E-state index in [1.54, 1.807) is 13.0 Å². The van der Waals surface area contributed by atoms with Crippen molar-refractivity contribution in [3.8, 4) is 11.5 Å². The van der Waals surface area contributed by atoms with Gasteiger partial charge in [0.1, 0.15) is 0 Å². The van der Waals surface area contributed by atoms with Crippen molar-refractivity contribution in [2.24, 2.45) is 0 Å². The number of Topliss-reactive ketones (excluding diaryl/α,β-unsaturated/α-hetero) is 1. The first-order valence-electron chi connectivity index (χ1n) is 4.28. The zero-order chi connectivity index (χ0) is 11.0. The third kappa shape index (κ3) is 1.41. The smallest absolute Gasteiger partial charge is 0.377 e. The Morgan fingerprint density at radius 3 is 2.60 bits per heavy atom. The molecule has 1 N–H and O–H groups in total. The maximum Gasteiger partial charge on any atom is 0.377 e. The first-order valence-corrected chi connectivity index (χ1v) is 4.28. The summed E-state index contributed by atoms with van der Waals surface area (Å²) >= 11 is 0. The molecule has 2 rings (SSSR count). The molecule has 78 valence electrons. The maximum absolute atomic E-state index is 11.3. The van der Waals surface area contributed by atoms with Gasteiger partial charge in [-0.2, -0.15) is 0 Å². The van der Waals surface area contributed by atoms with Gasteiger partial charge in [0.15, 0.2) is 11.5 Å². The average molecular weight is 208 g/mol. The minimum absolute atomic E-state index is 0.0140. The molecular weight excluding hydrogens is 200 g/mol. The summed E-state index contributed by atoms with van der Waals surface area (Å²) in [6.45, 7) is 1.81. The summed E-state index contributed by atoms with van der Waals surface area (Å²) < 4.78 is 10.2. The van der Waals surface area contributed by atoms with Gasteiger partial charge >= 0.3 is 5.97 Å². The molecule has 15 heavy (non-hydrogen) atoms. The van der Waals surface area contributed by atoms with Crippen LogP contribution in [0.3, 0.4) is 0 Å². The number of fused-ring (bicyclic) bond motifs is 1. The predicted octanol–water partition coefficient (Wildman–Crippen LogP) is 0.991. The van der Waals surface area contributed by atoms with E-state index in [9.17, 15) is 9.59 Å². The van der Waals surface area contributed by atoms with Gasteiger partial charge in [-0.15, -0.1) is 0 Å². The molecule has 0 saturated heterocycles. The topological polar surface area (TPSA) is 72.8 Å². The zero-order valence-corrected chi connectivity index (χ0v) is 7.94. The van der Waals surface area contributed by atoms with E-state index in [2.05, 4.69) is 0 Å². The molecule has 0 atom stereocenters. The van der Waals surface area contributed by atoms with E-state index in [0.717, 1.165) is 5.56 Å². The second kappa shape index (κ2) is 3.27. The van der Waals surface area contributed by atoms with Gasteiger partial charge in [-0.25, -0.2) is 4.79 Å².